The molecular formula is C12H22N2OS. The van der Waals surface area contributed by atoms with Crippen molar-refractivity contribution < 1.29 is 4.74 Å². The zero-order chi connectivity index (χ0) is 11.6. The van der Waals surface area contributed by atoms with Gasteiger partial charge in [0.1, 0.15) is 0 Å². The summed E-state index contributed by atoms with van der Waals surface area (Å²) < 4.78 is 5.75. The van der Waals surface area contributed by atoms with Crippen molar-refractivity contribution in [3.63, 3.8) is 0 Å². The van der Waals surface area contributed by atoms with Crippen molar-refractivity contribution >= 4 is 16.9 Å². The van der Waals surface area contributed by atoms with Crippen LogP contribution in [-0.4, -0.2) is 36.2 Å². The van der Waals surface area contributed by atoms with Crippen LogP contribution in [0.1, 0.15) is 33.6 Å². The van der Waals surface area contributed by atoms with E-state index in [0.717, 1.165) is 37.0 Å². The molecule has 0 aromatic carbocycles. The molecule has 1 fully saturated rings. The number of amidine groups is 1. The maximum Gasteiger partial charge on any atom is 0.156 e. The zero-order valence-corrected chi connectivity index (χ0v) is 11.3. The summed E-state index contributed by atoms with van der Waals surface area (Å²) in [6, 6.07) is 0. The average Bonchev–Trinajstić information content (AvgIpc) is 2.64. The molecule has 0 aliphatic carbocycles. The monoisotopic (exact) mass is 242 g/mol. The summed E-state index contributed by atoms with van der Waals surface area (Å²) in [5.74, 6) is 1.15. The minimum Gasteiger partial charge on any atom is -0.373 e. The van der Waals surface area contributed by atoms with E-state index in [0.29, 0.717) is 5.41 Å². The average molecular weight is 242 g/mol. The maximum atomic E-state index is 5.75. The van der Waals surface area contributed by atoms with Crippen LogP contribution >= 0.6 is 11.8 Å². The van der Waals surface area contributed by atoms with Crippen LogP contribution in [0.25, 0.3) is 0 Å². The van der Waals surface area contributed by atoms with Crippen LogP contribution in [0, 0.1) is 5.41 Å². The van der Waals surface area contributed by atoms with Crippen molar-refractivity contribution in [2.75, 3.05) is 25.4 Å². The van der Waals surface area contributed by atoms with E-state index in [1.165, 1.54) is 6.42 Å². The van der Waals surface area contributed by atoms with Gasteiger partial charge in [-0.05, 0) is 25.2 Å². The largest absolute Gasteiger partial charge is 0.373 e. The van der Waals surface area contributed by atoms with Crippen molar-refractivity contribution in [2.24, 2.45) is 10.4 Å². The van der Waals surface area contributed by atoms with Crippen molar-refractivity contribution in [2.45, 2.75) is 39.2 Å². The highest BCUT2D eigenvalue weighted by atomic mass is 32.2. The molecule has 1 N–H and O–H groups in total. The van der Waals surface area contributed by atoms with Crippen LogP contribution in [0.2, 0.25) is 0 Å². The first-order valence-corrected chi connectivity index (χ1v) is 7.03. The highest BCUT2D eigenvalue weighted by molar-refractivity contribution is 8.13. The van der Waals surface area contributed by atoms with E-state index in [-0.39, 0.29) is 5.60 Å². The van der Waals surface area contributed by atoms with Crippen LogP contribution in [0.3, 0.4) is 0 Å². The summed E-state index contributed by atoms with van der Waals surface area (Å²) in [4.78, 5) is 4.59. The summed E-state index contributed by atoms with van der Waals surface area (Å²) in [6.07, 6.45) is 2.34. The Balaban J connectivity index is 1.81. The molecule has 1 unspecified atom stereocenters. The van der Waals surface area contributed by atoms with E-state index in [4.69, 9.17) is 4.74 Å². The van der Waals surface area contributed by atoms with Gasteiger partial charge in [-0.25, -0.2) is 0 Å². The van der Waals surface area contributed by atoms with Gasteiger partial charge in [0, 0.05) is 25.4 Å². The van der Waals surface area contributed by atoms with Crippen molar-refractivity contribution in [3.05, 3.63) is 0 Å². The van der Waals surface area contributed by atoms with Crippen molar-refractivity contribution in [3.8, 4) is 0 Å². The number of rotatable bonds is 2. The summed E-state index contributed by atoms with van der Waals surface area (Å²) in [6.45, 7) is 9.44. The molecular weight excluding hydrogens is 220 g/mol. The van der Waals surface area contributed by atoms with Gasteiger partial charge in [0.25, 0.3) is 0 Å². The molecule has 0 radical (unpaired) electrons. The molecule has 2 heterocycles. The first kappa shape index (κ1) is 12.2. The first-order valence-electron chi connectivity index (χ1n) is 6.04. The minimum absolute atomic E-state index is 0.0239. The van der Waals surface area contributed by atoms with Gasteiger partial charge in [-0.2, -0.15) is 0 Å². The lowest BCUT2D eigenvalue weighted by Gasteiger charge is -2.29. The molecule has 92 valence electrons. The van der Waals surface area contributed by atoms with Gasteiger partial charge in [-0.15, -0.1) is 0 Å². The van der Waals surface area contributed by atoms with E-state index in [1.807, 2.05) is 11.8 Å². The number of nitrogens with zero attached hydrogens (tertiary/aromatic N) is 1. The minimum atomic E-state index is 0.0239. The van der Waals surface area contributed by atoms with Crippen LogP contribution in [-0.2, 0) is 4.74 Å². The van der Waals surface area contributed by atoms with E-state index in [9.17, 15) is 0 Å². The second-order valence-corrected chi connectivity index (χ2v) is 6.79. The molecule has 16 heavy (non-hydrogen) atoms. The van der Waals surface area contributed by atoms with Crippen LogP contribution in [0.4, 0.5) is 0 Å². The van der Waals surface area contributed by atoms with Gasteiger partial charge in [0.15, 0.2) is 5.17 Å². The number of hydrogen-bond acceptors (Lipinski definition) is 4. The summed E-state index contributed by atoms with van der Waals surface area (Å²) in [5, 5.41) is 4.52. The number of ether oxygens (including phenoxy) is 1. The van der Waals surface area contributed by atoms with Gasteiger partial charge in [0.05, 0.1) is 5.60 Å². The van der Waals surface area contributed by atoms with Gasteiger partial charge in [-0.3, -0.25) is 4.99 Å². The van der Waals surface area contributed by atoms with E-state index in [2.05, 4.69) is 31.1 Å². The van der Waals surface area contributed by atoms with E-state index in [1.54, 1.807) is 0 Å². The summed E-state index contributed by atoms with van der Waals surface area (Å²) in [7, 11) is 0. The fourth-order valence-electron chi connectivity index (χ4n) is 1.99. The lowest BCUT2D eigenvalue weighted by molar-refractivity contribution is 0.0246. The van der Waals surface area contributed by atoms with Crippen molar-refractivity contribution in [1.82, 2.24) is 5.32 Å². The molecule has 1 atom stereocenters. The van der Waals surface area contributed by atoms with Crippen LogP contribution in [0.15, 0.2) is 4.99 Å². The fraction of sp³-hybridized carbons (Fsp3) is 0.917. The molecule has 2 aliphatic rings. The highest BCUT2D eigenvalue weighted by Gasteiger charge is 2.30. The second kappa shape index (κ2) is 4.57. The molecule has 2 aliphatic heterocycles. The Labute approximate surface area is 102 Å². The first-order chi connectivity index (χ1) is 7.49. The van der Waals surface area contributed by atoms with Gasteiger partial charge < -0.3 is 10.1 Å². The molecule has 0 bridgehead atoms. The SMILES string of the molecule is CC1(C)CN=C(NCC2(C)CCCO2)SC1. The zero-order valence-electron chi connectivity index (χ0n) is 10.5. The second-order valence-electron chi connectivity index (χ2n) is 5.83. The molecule has 0 aromatic heterocycles. The van der Waals surface area contributed by atoms with E-state index < -0.39 is 0 Å². The van der Waals surface area contributed by atoms with Crippen LogP contribution < -0.4 is 5.32 Å². The Kier molecular flexibility index (Phi) is 3.50. The number of hydrogen-bond donors (Lipinski definition) is 1. The third-order valence-electron chi connectivity index (χ3n) is 3.16. The molecule has 0 amide bonds. The van der Waals surface area contributed by atoms with Gasteiger partial charge in [-0.1, -0.05) is 25.6 Å². The number of nitrogens with one attached hydrogen (secondary N) is 1. The standard InChI is InChI=1S/C12H22N2OS/c1-11(2)7-13-10(16-9-11)14-8-12(3)5-4-6-15-12/h4-9H2,1-3H3,(H,13,14). The molecule has 4 heteroatoms. The molecule has 1 saturated heterocycles. The third-order valence-corrected chi connectivity index (χ3v) is 4.64. The quantitative estimate of drug-likeness (QED) is 0.806. The third kappa shape index (κ3) is 3.14. The normalized spacial score (nSPS) is 33.6. The summed E-state index contributed by atoms with van der Waals surface area (Å²) in [5.41, 5.74) is 0.375. The van der Waals surface area contributed by atoms with Crippen molar-refractivity contribution in [1.29, 1.82) is 0 Å². The Morgan fingerprint density at radius 1 is 1.44 bits per heavy atom. The Morgan fingerprint density at radius 2 is 2.25 bits per heavy atom. The van der Waals surface area contributed by atoms with Gasteiger partial charge >= 0.3 is 0 Å². The smallest absolute Gasteiger partial charge is 0.156 e. The predicted molar refractivity (Wildman–Crippen MR) is 70.1 cm³/mol. The molecule has 0 spiro atoms. The predicted octanol–water partition coefficient (Wildman–Crippen LogP) is 2.27. The topological polar surface area (TPSA) is 33.6 Å². The Hall–Kier alpha value is -0.220. The number of aliphatic imine (C=N–C) groups is 1. The Bertz CT molecular complexity index is 283. The molecule has 2 rings (SSSR count). The molecule has 0 saturated carbocycles. The van der Waals surface area contributed by atoms with E-state index >= 15 is 0 Å². The highest BCUT2D eigenvalue weighted by Crippen LogP contribution is 2.28. The maximum absolute atomic E-state index is 5.75. The lowest BCUT2D eigenvalue weighted by Crippen LogP contribution is -2.41. The molecule has 0 aromatic rings. The fourth-order valence-corrected chi connectivity index (χ4v) is 2.94. The molecule has 3 nitrogen and oxygen atoms in total. The lowest BCUT2D eigenvalue weighted by atomic mass is 9.97. The number of thioether (sulfide) groups is 1. The van der Waals surface area contributed by atoms with Crippen LogP contribution in [0.5, 0.6) is 0 Å². The van der Waals surface area contributed by atoms with Gasteiger partial charge in [0.2, 0.25) is 0 Å². The Morgan fingerprint density at radius 3 is 2.81 bits per heavy atom. The summed E-state index contributed by atoms with van der Waals surface area (Å²) >= 11 is 1.84.